The fraction of sp³-hybridized carbons (Fsp3) is 0.312. The van der Waals surface area contributed by atoms with E-state index in [0.29, 0.717) is 6.54 Å². The van der Waals surface area contributed by atoms with Gasteiger partial charge in [-0.3, -0.25) is 4.79 Å². The van der Waals surface area contributed by atoms with Crippen LogP contribution in [0, 0.1) is 5.92 Å². The average Bonchev–Trinajstić information content (AvgIpc) is 2.99. The molecule has 1 atom stereocenters. The Kier molecular flexibility index (Phi) is 4.96. The molecule has 0 aliphatic rings. The molecule has 0 aliphatic heterocycles. The molecule has 1 unspecified atom stereocenters. The Morgan fingerprint density at radius 3 is 2.75 bits per heavy atom. The maximum absolute atomic E-state index is 12.1. The number of aromatic nitrogens is 1. The van der Waals surface area contributed by atoms with Crippen molar-refractivity contribution in [3.8, 4) is 5.69 Å². The minimum Gasteiger partial charge on any atom is -0.330 e. The van der Waals surface area contributed by atoms with E-state index in [0.717, 1.165) is 24.2 Å². The molecule has 0 saturated heterocycles. The second-order valence-corrected chi connectivity index (χ2v) is 4.96. The summed E-state index contributed by atoms with van der Waals surface area (Å²) in [5, 5.41) is 2.96. The van der Waals surface area contributed by atoms with E-state index in [1.54, 1.807) is 0 Å². The Labute approximate surface area is 119 Å². The zero-order chi connectivity index (χ0) is 14.4. The number of nitrogens with one attached hydrogen (secondary N) is 1. The van der Waals surface area contributed by atoms with Crippen LogP contribution in [0.15, 0.2) is 48.8 Å². The van der Waals surface area contributed by atoms with Crippen molar-refractivity contribution >= 4 is 11.6 Å². The molecular formula is C16H21N3O. The van der Waals surface area contributed by atoms with Gasteiger partial charge in [-0.2, -0.15) is 0 Å². The van der Waals surface area contributed by atoms with Gasteiger partial charge in [0.1, 0.15) is 0 Å². The van der Waals surface area contributed by atoms with E-state index in [9.17, 15) is 4.79 Å². The van der Waals surface area contributed by atoms with Crippen molar-refractivity contribution in [1.29, 1.82) is 0 Å². The van der Waals surface area contributed by atoms with E-state index in [2.05, 4.69) is 5.32 Å². The Balaban J connectivity index is 2.03. The number of hydrogen-bond donors (Lipinski definition) is 2. The Morgan fingerprint density at radius 2 is 2.05 bits per heavy atom. The molecule has 2 aromatic rings. The molecule has 4 nitrogen and oxygen atoms in total. The van der Waals surface area contributed by atoms with Crippen molar-refractivity contribution in [1.82, 2.24) is 4.57 Å². The lowest BCUT2D eigenvalue weighted by Crippen LogP contribution is -2.21. The quantitative estimate of drug-likeness (QED) is 0.848. The van der Waals surface area contributed by atoms with Crippen LogP contribution in [0.3, 0.4) is 0 Å². The highest BCUT2D eigenvalue weighted by molar-refractivity contribution is 5.92. The van der Waals surface area contributed by atoms with Crippen LogP contribution in [0.2, 0.25) is 0 Å². The molecule has 1 heterocycles. The van der Waals surface area contributed by atoms with Gasteiger partial charge in [-0.05, 0) is 49.7 Å². The number of hydrogen-bond acceptors (Lipinski definition) is 2. The predicted molar refractivity (Wildman–Crippen MR) is 81.9 cm³/mol. The highest BCUT2D eigenvalue weighted by Gasteiger charge is 2.12. The van der Waals surface area contributed by atoms with Gasteiger partial charge in [-0.1, -0.05) is 13.0 Å². The smallest absolute Gasteiger partial charge is 0.227 e. The molecule has 0 spiro atoms. The van der Waals surface area contributed by atoms with Crippen molar-refractivity contribution in [2.24, 2.45) is 11.7 Å². The summed E-state index contributed by atoms with van der Waals surface area (Å²) in [5.41, 5.74) is 7.32. The van der Waals surface area contributed by atoms with Gasteiger partial charge < -0.3 is 15.6 Å². The van der Waals surface area contributed by atoms with Crippen molar-refractivity contribution < 1.29 is 4.79 Å². The summed E-state index contributed by atoms with van der Waals surface area (Å²) in [7, 11) is 0. The van der Waals surface area contributed by atoms with Crippen LogP contribution in [-0.4, -0.2) is 17.0 Å². The Hall–Kier alpha value is -2.07. The number of benzene rings is 1. The van der Waals surface area contributed by atoms with Gasteiger partial charge in [0.15, 0.2) is 0 Å². The lowest BCUT2D eigenvalue weighted by atomic mass is 10.0. The summed E-state index contributed by atoms with van der Waals surface area (Å²) < 4.78 is 2.01. The first-order chi connectivity index (χ1) is 9.70. The fourth-order valence-electron chi connectivity index (χ4n) is 2.07. The number of anilines is 1. The van der Waals surface area contributed by atoms with Crippen LogP contribution in [0.1, 0.15) is 19.8 Å². The first-order valence-corrected chi connectivity index (χ1v) is 6.95. The molecule has 0 bridgehead atoms. The summed E-state index contributed by atoms with van der Waals surface area (Å²) in [6.07, 6.45) is 5.65. The third-order valence-electron chi connectivity index (χ3n) is 3.31. The lowest BCUT2D eigenvalue weighted by Gasteiger charge is -2.12. The Bertz CT molecular complexity index is 549. The molecule has 2 rings (SSSR count). The molecule has 0 saturated carbocycles. The van der Waals surface area contributed by atoms with Gasteiger partial charge in [0, 0.05) is 29.7 Å². The first kappa shape index (κ1) is 14.3. The highest BCUT2D eigenvalue weighted by atomic mass is 16.1. The number of nitrogens with two attached hydrogens (primary N) is 1. The summed E-state index contributed by atoms with van der Waals surface area (Å²) in [5.74, 6) is 0.0249. The lowest BCUT2D eigenvalue weighted by molar-refractivity contribution is -0.119. The van der Waals surface area contributed by atoms with E-state index in [1.165, 1.54) is 0 Å². The first-order valence-electron chi connectivity index (χ1n) is 6.95. The van der Waals surface area contributed by atoms with Crippen molar-refractivity contribution in [2.45, 2.75) is 19.8 Å². The van der Waals surface area contributed by atoms with Crippen LogP contribution in [0.4, 0.5) is 5.69 Å². The van der Waals surface area contributed by atoms with Crippen LogP contribution in [0.25, 0.3) is 5.69 Å². The SMILES string of the molecule is CC(CCCN)C(=O)Nc1cccc(-n2cccc2)c1. The van der Waals surface area contributed by atoms with E-state index in [-0.39, 0.29) is 11.8 Å². The molecule has 20 heavy (non-hydrogen) atoms. The van der Waals surface area contributed by atoms with Crippen molar-refractivity contribution in [3.05, 3.63) is 48.8 Å². The molecule has 1 aromatic carbocycles. The summed E-state index contributed by atoms with van der Waals surface area (Å²) in [6.45, 7) is 2.56. The standard InChI is InChI=1S/C16H21N3O/c1-13(6-5-9-17)16(20)18-14-7-4-8-15(12-14)19-10-2-3-11-19/h2-4,7-8,10-13H,5-6,9,17H2,1H3,(H,18,20). The zero-order valence-electron chi connectivity index (χ0n) is 11.8. The summed E-state index contributed by atoms with van der Waals surface area (Å²) >= 11 is 0. The van der Waals surface area contributed by atoms with Gasteiger partial charge >= 0.3 is 0 Å². The Morgan fingerprint density at radius 1 is 1.30 bits per heavy atom. The summed E-state index contributed by atoms with van der Waals surface area (Å²) in [4.78, 5) is 12.1. The second kappa shape index (κ2) is 6.91. The molecule has 0 aliphatic carbocycles. The van der Waals surface area contributed by atoms with Crippen LogP contribution in [0.5, 0.6) is 0 Å². The predicted octanol–water partition coefficient (Wildman–Crippen LogP) is 2.79. The molecule has 0 fully saturated rings. The molecular weight excluding hydrogens is 250 g/mol. The minimum absolute atomic E-state index is 0.0196. The van der Waals surface area contributed by atoms with Gasteiger partial charge in [-0.15, -0.1) is 0 Å². The third-order valence-corrected chi connectivity index (χ3v) is 3.31. The van der Waals surface area contributed by atoms with Crippen molar-refractivity contribution in [3.63, 3.8) is 0 Å². The number of carbonyl (C=O) groups is 1. The topological polar surface area (TPSA) is 60.1 Å². The second-order valence-electron chi connectivity index (χ2n) is 4.96. The number of nitrogens with zero attached hydrogens (tertiary/aromatic N) is 1. The van der Waals surface area contributed by atoms with Gasteiger partial charge in [0.05, 0.1) is 0 Å². The zero-order valence-corrected chi connectivity index (χ0v) is 11.8. The van der Waals surface area contributed by atoms with Gasteiger partial charge in [0.2, 0.25) is 5.91 Å². The van der Waals surface area contributed by atoms with Gasteiger partial charge in [0.25, 0.3) is 0 Å². The minimum atomic E-state index is -0.0196. The van der Waals surface area contributed by atoms with Crippen LogP contribution >= 0.6 is 0 Å². The van der Waals surface area contributed by atoms with E-state index in [1.807, 2.05) is 60.3 Å². The van der Waals surface area contributed by atoms with E-state index >= 15 is 0 Å². The molecule has 3 N–H and O–H groups in total. The molecule has 1 amide bonds. The number of rotatable bonds is 6. The van der Waals surface area contributed by atoms with E-state index in [4.69, 9.17) is 5.73 Å². The van der Waals surface area contributed by atoms with Crippen LogP contribution < -0.4 is 11.1 Å². The van der Waals surface area contributed by atoms with Gasteiger partial charge in [-0.25, -0.2) is 0 Å². The molecule has 1 aromatic heterocycles. The molecule has 0 radical (unpaired) electrons. The van der Waals surface area contributed by atoms with Crippen LogP contribution in [-0.2, 0) is 4.79 Å². The summed E-state index contributed by atoms with van der Waals surface area (Å²) in [6, 6.07) is 11.8. The molecule has 4 heteroatoms. The van der Waals surface area contributed by atoms with E-state index < -0.39 is 0 Å². The number of carbonyl (C=O) groups excluding carboxylic acids is 1. The maximum Gasteiger partial charge on any atom is 0.227 e. The van der Waals surface area contributed by atoms with Crippen molar-refractivity contribution in [2.75, 3.05) is 11.9 Å². The third kappa shape index (κ3) is 3.71. The number of amides is 1. The highest BCUT2D eigenvalue weighted by Crippen LogP contribution is 2.16. The largest absolute Gasteiger partial charge is 0.330 e. The maximum atomic E-state index is 12.1. The average molecular weight is 271 g/mol. The fourth-order valence-corrected chi connectivity index (χ4v) is 2.07. The normalized spacial score (nSPS) is 12.1. The molecule has 106 valence electrons. The monoisotopic (exact) mass is 271 g/mol.